The lowest BCUT2D eigenvalue weighted by Gasteiger charge is -2.28. The summed E-state index contributed by atoms with van der Waals surface area (Å²) in [4.78, 5) is 17.7. The summed E-state index contributed by atoms with van der Waals surface area (Å²) in [6.07, 6.45) is 4.20. The summed E-state index contributed by atoms with van der Waals surface area (Å²) < 4.78 is 29.9. The maximum atomic E-state index is 13.2. The lowest BCUT2D eigenvalue weighted by molar-refractivity contribution is 0.0941. The van der Waals surface area contributed by atoms with E-state index in [4.69, 9.17) is 0 Å². The van der Waals surface area contributed by atoms with Gasteiger partial charge in [0.2, 0.25) is 10.0 Å². The number of hydrogen-bond donors (Lipinski definition) is 1. The smallest absolute Gasteiger partial charge is 0.252 e. The van der Waals surface area contributed by atoms with Gasteiger partial charge < -0.3 is 9.88 Å². The lowest BCUT2D eigenvalue weighted by Crippen LogP contribution is -2.36. The summed E-state index contributed by atoms with van der Waals surface area (Å²) in [6, 6.07) is 23.2. The third-order valence-corrected chi connectivity index (χ3v) is 8.23. The maximum absolute atomic E-state index is 13.2. The molecule has 0 fully saturated rings. The molecule has 1 amide bonds. The zero-order chi connectivity index (χ0) is 24.4. The van der Waals surface area contributed by atoms with E-state index < -0.39 is 16.1 Å². The van der Waals surface area contributed by atoms with Gasteiger partial charge in [-0.15, -0.1) is 0 Å². The highest BCUT2D eigenvalue weighted by Crippen LogP contribution is 2.26. The molecule has 4 aromatic rings. The van der Waals surface area contributed by atoms with Gasteiger partial charge in [-0.2, -0.15) is 4.31 Å². The molecule has 0 unspecified atom stereocenters. The zero-order valence-corrected chi connectivity index (χ0v) is 20.2. The zero-order valence-electron chi connectivity index (χ0n) is 19.3. The van der Waals surface area contributed by atoms with Gasteiger partial charge >= 0.3 is 0 Å². The minimum absolute atomic E-state index is 0.178. The van der Waals surface area contributed by atoms with Gasteiger partial charge in [0, 0.05) is 38.1 Å². The minimum Gasteiger partial charge on any atom is -0.338 e. The van der Waals surface area contributed by atoms with Gasteiger partial charge in [-0.1, -0.05) is 54.6 Å². The average Bonchev–Trinajstić information content (AvgIpc) is 3.32. The number of aryl methyl sites for hydroxylation is 1. The molecule has 1 atom stereocenters. The lowest BCUT2D eigenvalue weighted by atomic mass is 10.0. The highest BCUT2D eigenvalue weighted by molar-refractivity contribution is 7.89. The standard InChI is InChI=1S/C27H26N4O3S/c1-30-18-16-28-26(30)25(21-8-3-2-4-9-21)29-27(32)22-11-13-24(14-12-22)35(33,34)31-17-15-20-7-5-6-10-23(20)19-31/h2-14,16,18,25H,15,17,19H2,1H3,(H,29,32)/t25-/m0/s1. The van der Waals surface area contributed by atoms with Gasteiger partial charge in [-0.3, -0.25) is 4.79 Å². The van der Waals surface area contributed by atoms with Crippen LogP contribution in [0.15, 0.2) is 96.2 Å². The fourth-order valence-electron chi connectivity index (χ4n) is 4.41. The number of sulfonamides is 1. The van der Waals surface area contributed by atoms with Gasteiger partial charge in [0.1, 0.15) is 11.9 Å². The number of aromatic nitrogens is 2. The molecule has 1 aliphatic heterocycles. The monoisotopic (exact) mass is 486 g/mol. The van der Waals surface area contributed by atoms with Crippen LogP contribution in [0.4, 0.5) is 0 Å². The van der Waals surface area contributed by atoms with Crippen LogP contribution >= 0.6 is 0 Å². The van der Waals surface area contributed by atoms with Gasteiger partial charge in [-0.05, 0) is 47.4 Å². The van der Waals surface area contributed by atoms with Gasteiger partial charge in [0.15, 0.2) is 0 Å². The molecular weight excluding hydrogens is 460 g/mol. The number of amides is 1. The molecule has 0 aliphatic carbocycles. The van der Waals surface area contributed by atoms with E-state index in [1.165, 1.54) is 22.0 Å². The van der Waals surface area contributed by atoms with E-state index in [1.54, 1.807) is 18.3 Å². The topological polar surface area (TPSA) is 84.3 Å². The van der Waals surface area contributed by atoms with Crippen LogP contribution in [0.5, 0.6) is 0 Å². The molecule has 0 radical (unpaired) electrons. The fourth-order valence-corrected chi connectivity index (χ4v) is 5.83. The number of rotatable bonds is 6. The molecular formula is C27H26N4O3S. The van der Waals surface area contributed by atoms with Crippen LogP contribution < -0.4 is 5.32 Å². The van der Waals surface area contributed by atoms with E-state index in [1.807, 2.05) is 72.4 Å². The molecule has 7 nitrogen and oxygen atoms in total. The molecule has 1 aliphatic rings. The van der Waals surface area contributed by atoms with Crippen LogP contribution in [0.25, 0.3) is 0 Å². The van der Waals surface area contributed by atoms with Crippen LogP contribution in [0.3, 0.4) is 0 Å². The summed E-state index contributed by atoms with van der Waals surface area (Å²) >= 11 is 0. The molecule has 0 saturated heterocycles. The molecule has 8 heteroatoms. The number of nitrogens with zero attached hydrogens (tertiary/aromatic N) is 3. The molecule has 0 spiro atoms. The van der Waals surface area contributed by atoms with Crippen LogP contribution in [-0.4, -0.2) is 34.7 Å². The van der Waals surface area contributed by atoms with E-state index in [0.717, 1.165) is 11.1 Å². The molecule has 35 heavy (non-hydrogen) atoms. The van der Waals surface area contributed by atoms with Gasteiger partial charge in [-0.25, -0.2) is 13.4 Å². The number of carbonyl (C=O) groups excluding carboxylic acids is 1. The highest BCUT2D eigenvalue weighted by atomic mass is 32.2. The second kappa shape index (κ2) is 9.48. The van der Waals surface area contributed by atoms with Crippen molar-refractivity contribution in [3.63, 3.8) is 0 Å². The average molecular weight is 487 g/mol. The summed E-state index contributed by atoms with van der Waals surface area (Å²) in [7, 11) is -1.79. The van der Waals surface area contributed by atoms with Crippen molar-refractivity contribution in [2.75, 3.05) is 6.54 Å². The van der Waals surface area contributed by atoms with E-state index >= 15 is 0 Å². The Kier molecular flexibility index (Phi) is 6.23. The number of hydrogen-bond acceptors (Lipinski definition) is 4. The molecule has 3 aromatic carbocycles. The SMILES string of the molecule is Cn1ccnc1[C@@H](NC(=O)c1ccc(S(=O)(=O)N2CCc3ccccc3C2)cc1)c1ccccc1. The first-order valence-electron chi connectivity index (χ1n) is 11.4. The predicted octanol–water partition coefficient (Wildman–Crippen LogP) is 3.69. The third-order valence-electron chi connectivity index (χ3n) is 6.37. The highest BCUT2D eigenvalue weighted by Gasteiger charge is 2.28. The fraction of sp³-hybridized carbons (Fsp3) is 0.185. The maximum Gasteiger partial charge on any atom is 0.252 e. The molecule has 0 bridgehead atoms. The third kappa shape index (κ3) is 4.62. The van der Waals surface area contributed by atoms with Crippen LogP contribution in [0.2, 0.25) is 0 Å². The number of carbonyl (C=O) groups is 1. The van der Waals surface area contributed by atoms with Crippen LogP contribution in [0, 0.1) is 0 Å². The summed E-state index contributed by atoms with van der Waals surface area (Å²) in [5.41, 5.74) is 3.49. The van der Waals surface area contributed by atoms with Crippen molar-refractivity contribution in [1.29, 1.82) is 0 Å². The van der Waals surface area contributed by atoms with Crippen LogP contribution in [0.1, 0.15) is 38.9 Å². The minimum atomic E-state index is -3.67. The van der Waals surface area contributed by atoms with E-state index in [9.17, 15) is 13.2 Å². The van der Waals surface area contributed by atoms with Crippen molar-refractivity contribution in [2.24, 2.45) is 7.05 Å². The molecule has 178 valence electrons. The van der Waals surface area contributed by atoms with Crippen molar-refractivity contribution in [2.45, 2.75) is 23.9 Å². The van der Waals surface area contributed by atoms with Crippen molar-refractivity contribution in [3.05, 3.63) is 119 Å². The Morgan fingerprint density at radius 3 is 2.31 bits per heavy atom. The van der Waals surface area contributed by atoms with Crippen molar-refractivity contribution < 1.29 is 13.2 Å². The van der Waals surface area contributed by atoms with E-state index in [-0.39, 0.29) is 10.8 Å². The Morgan fingerprint density at radius 1 is 0.943 bits per heavy atom. The van der Waals surface area contributed by atoms with Crippen molar-refractivity contribution >= 4 is 15.9 Å². The summed E-state index contributed by atoms with van der Waals surface area (Å²) in [5.74, 6) is 0.395. The second-order valence-electron chi connectivity index (χ2n) is 8.60. The predicted molar refractivity (Wildman–Crippen MR) is 133 cm³/mol. The van der Waals surface area contributed by atoms with E-state index in [2.05, 4.69) is 10.3 Å². The molecule has 0 saturated carbocycles. The number of nitrogens with one attached hydrogen (secondary N) is 1. The summed E-state index contributed by atoms with van der Waals surface area (Å²) in [6.45, 7) is 0.785. The second-order valence-corrected chi connectivity index (χ2v) is 10.5. The number of fused-ring (bicyclic) bond motifs is 1. The largest absolute Gasteiger partial charge is 0.338 e. The first-order valence-corrected chi connectivity index (χ1v) is 12.9. The first kappa shape index (κ1) is 23.0. The Bertz CT molecular complexity index is 1450. The van der Waals surface area contributed by atoms with Gasteiger partial charge in [0.25, 0.3) is 5.91 Å². The van der Waals surface area contributed by atoms with Crippen molar-refractivity contribution in [3.8, 4) is 0 Å². The molecule has 1 N–H and O–H groups in total. The van der Waals surface area contributed by atoms with E-state index in [0.29, 0.717) is 30.9 Å². The molecule has 5 rings (SSSR count). The first-order chi connectivity index (χ1) is 16.9. The Labute approximate surface area is 205 Å². The number of benzene rings is 3. The quantitative estimate of drug-likeness (QED) is 0.451. The Morgan fingerprint density at radius 2 is 1.63 bits per heavy atom. The van der Waals surface area contributed by atoms with Gasteiger partial charge in [0.05, 0.1) is 4.90 Å². The Balaban J connectivity index is 1.35. The normalized spacial score (nSPS) is 14.8. The summed E-state index contributed by atoms with van der Waals surface area (Å²) in [5, 5.41) is 3.04. The Hall–Kier alpha value is -3.75. The van der Waals surface area contributed by atoms with Crippen LogP contribution in [-0.2, 0) is 30.0 Å². The molecule has 2 heterocycles. The van der Waals surface area contributed by atoms with Crippen molar-refractivity contribution in [1.82, 2.24) is 19.2 Å². The molecule has 1 aromatic heterocycles. The number of imidazole rings is 1.